The molecule has 194 valence electrons. The second kappa shape index (κ2) is 12.7. The van der Waals surface area contributed by atoms with Gasteiger partial charge in [0.2, 0.25) is 5.91 Å². The molecule has 5 rings (SSSR count). The Hall–Kier alpha value is -1.47. The number of piperidine rings is 3. The van der Waals surface area contributed by atoms with Crippen LogP contribution in [0.25, 0.3) is 0 Å². The van der Waals surface area contributed by atoms with Gasteiger partial charge < -0.3 is 10.1 Å². The first kappa shape index (κ1) is 25.2. The molecule has 1 N–H and O–H groups in total. The summed E-state index contributed by atoms with van der Waals surface area (Å²) >= 11 is 0. The van der Waals surface area contributed by atoms with E-state index in [0.29, 0.717) is 12.5 Å². The van der Waals surface area contributed by atoms with Gasteiger partial charge in [-0.05, 0) is 82.0 Å². The maximum atomic E-state index is 12.6. The second-order valence-corrected chi connectivity index (χ2v) is 11.3. The molecule has 0 radical (unpaired) electrons. The van der Waals surface area contributed by atoms with Crippen molar-refractivity contribution in [3.8, 4) is 0 Å². The van der Waals surface area contributed by atoms with Crippen LogP contribution in [0.4, 0.5) is 0 Å². The molecule has 4 saturated heterocycles. The molecule has 4 atom stereocenters. The number of hydrogen-bond donors (Lipinski definition) is 1. The van der Waals surface area contributed by atoms with Crippen molar-refractivity contribution < 1.29 is 9.53 Å². The number of likely N-dealkylation sites (tertiary alicyclic amines) is 1. The fraction of sp³-hybridized carbons (Fsp3) is 0.759. The molecule has 1 aromatic carbocycles. The number of rotatable bonds is 10. The molecule has 6 heteroatoms. The van der Waals surface area contributed by atoms with E-state index in [1.54, 1.807) is 0 Å². The maximum Gasteiger partial charge on any atom is 0.219 e. The van der Waals surface area contributed by atoms with Gasteiger partial charge in [0, 0.05) is 51.2 Å². The van der Waals surface area contributed by atoms with Gasteiger partial charge in [0.05, 0.1) is 13.2 Å². The fourth-order valence-corrected chi connectivity index (χ4v) is 7.40. The number of nitrogens with one attached hydrogen (secondary N) is 1. The number of carbonyl (C=O) groups is 1. The van der Waals surface area contributed by atoms with E-state index in [4.69, 9.17) is 4.74 Å². The van der Waals surface area contributed by atoms with Crippen molar-refractivity contribution in [3.63, 3.8) is 0 Å². The summed E-state index contributed by atoms with van der Waals surface area (Å²) < 4.78 is 5.42. The highest BCUT2D eigenvalue weighted by Crippen LogP contribution is 2.43. The lowest BCUT2D eigenvalue weighted by Gasteiger charge is -2.57. The molecule has 1 aromatic rings. The molecule has 0 aromatic heterocycles. The highest BCUT2D eigenvalue weighted by molar-refractivity contribution is 5.75. The van der Waals surface area contributed by atoms with E-state index in [2.05, 4.69) is 50.3 Å². The van der Waals surface area contributed by atoms with E-state index < -0.39 is 0 Å². The molecule has 6 nitrogen and oxygen atoms in total. The number of hydrogen-bond acceptors (Lipinski definition) is 5. The molecular weight excluding hydrogens is 436 g/mol. The lowest BCUT2D eigenvalue weighted by molar-refractivity contribution is -0.121. The first-order chi connectivity index (χ1) is 17.3. The first-order valence-corrected chi connectivity index (χ1v) is 14.4. The van der Waals surface area contributed by atoms with Crippen molar-refractivity contribution in [1.29, 1.82) is 0 Å². The minimum atomic E-state index is 0.234. The van der Waals surface area contributed by atoms with Gasteiger partial charge in [0.15, 0.2) is 0 Å². The lowest BCUT2D eigenvalue weighted by Crippen LogP contribution is -2.64. The van der Waals surface area contributed by atoms with Crippen LogP contribution < -0.4 is 5.32 Å². The Bertz CT molecular complexity index is 782. The average molecular weight is 483 g/mol. The van der Waals surface area contributed by atoms with Gasteiger partial charge in [0.1, 0.15) is 0 Å². The summed E-state index contributed by atoms with van der Waals surface area (Å²) in [6, 6.07) is 12.4. The number of amides is 1. The third-order valence-corrected chi connectivity index (χ3v) is 8.99. The van der Waals surface area contributed by atoms with Crippen LogP contribution in [0.1, 0.15) is 56.9 Å². The Morgan fingerprint density at radius 3 is 2.63 bits per heavy atom. The lowest BCUT2D eigenvalue weighted by atomic mass is 9.69. The Balaban J connectivity index is 1.13. The Morgan fingerprint density at radius 2 is 1.80 bits per heavy atom. The molecule has 0 bridgehead atoms. The van der Waals surface area contributed by atoms with Gasteiger partial charge in [-0.2, -0.15) is 0 Å². The van der Waals surface area contributed by atoms with E-state index in [9.17, 15) is 4.79 Å². The van der Waals surface area contributed by atoms with Gasteiger partial charge >= 0.3 is 0 Å². The first-order valence-electron chi connectivity index (χ1n) is 14.4. The van der Waals surface area contributed by atoms with Crippen molar-refractivity contribution in [3.05, 3.63) is 35.9 Å². The number of nitrogens with zero attached hydrogens (tertiary/aromatic N) is 3. The van der Waals surface area contributed by atoms with E-state index in [0.717, 1.165) is 83.1 Å². The van der Waals surface area contributed by atoms with Crippen molar-refractivity contribution in [2.24, 2.45) is 11.8 Å². The summed E-state index contributed by atoms with van der Waals surface area (Å²) in [7, 11) is 0. The summed E-state index contributed by atoms with van der Waals surface area (Å²) in [6.07, 6.45) is 9.30. The Labute approximate surface area is 212 Å². The molecule has 4 aliphatic rings. The van der Waals surface area contributed by atoms with Gasteiger partial charge in [-0.3, -0.25) is 19.5 Å². The summed E-state index contributed by atoms with van der Waals surface area (Å²) in [5, 5.41) is 3.18. The summed E-state index contributed by atoms with van der Waals surface area (Å²) in [5.74, 6) is 1.82. The van der Waals surface area contributed by atoms with Crippen LogP contribution in [0.2, 0.25) is 0 Å². The summed E-state index contributed by atoms with van der Waals surface area (Å²) in [6.45, 7) is 10.5. The van der Waals surface area contributed by atoms with E-state index in [1.807, 2.05) is 0 Å². The van der Waals surface area contributed by atoms with Crippen LogP contribution in [0.5, 0.6) is 0 Å². The molecule has 0 aliphatic carbocycles. The van der Waals surface area contributed by atoms with Crippen LogP contribution in [0.3, 0.4) is 0 Å². The SMILES string of the molecule is O=C(CCC[C@@H]1[C@H]2CCCN3CCC[C@@H](CN1Cc1ccccc1)[C@@H]23)NCCCN1CCOCC1. The van der Waals surface area contributed by atoms with Gasteiger partial charge in [0.25, 0.3) is 0 Å². The molecule has 0 spiro atoms. The number of morpholine rings is 1. The zero-order chi connectivity index (χ0) is 23.9. The quantitative estimate of drug-likeness (QED) is 0.518. The third-order valence-electron chi connectivity index (χ3n) is 8.99. The van der Waals surface area contributed by atoms with Gasteiger partial charge in [-0.1, -0.05) is 30.3 Å². The molecule has 35 heavy (non-hydrogen) atoms. The number of benzene rings is 1. The Morgan fingerprint density at radius 1 is 1.00 bits per heavy atom. The van der Waals surface area contributed by atoms with E-state index >= 15 is 0 Å². The minimum absolute atomic E-state index is 0.234. The Kier molecular flexibility index (Phi) is 9.12. The predicted octanol–water partition coefficient (Wildman–Crippen LogP) is 3.37. The molecule has 4 aliphatic heterocycles. The van der Waals surface area contributed by atoms with Crippen molar-refractivity contribution in [2.45, 2.75) is 70.0 Å². The van der Waals surface area contributed by atoms with Crippen LogP contribution in [0, 0.1) is 11.8 Å². The maximum absolute atomic E-state index is 12.6. The normalized spacial score (nSPS) is 30.1. The zero-order valence-electron chi connectivity index (χ0n) is 21.6. The van der Waals surface area contributed by atoms with Crippen molar-refractivity contribution in [2.75, 3.05) is 59.0 Å². The predicted molar refractivity (Wildman–Crippen MR) is 140 cm³/mol. The molecule has 1 amide bonds. The molecule has 4 heterocycles. The summed E-state index contributed by atoms with van der Waals surface area (Å²) in [4.78, 5) is 20.7. The molecule has 0 saturated carbocycles. The topological polar surface area (TPSA) is 48.1 Å². The average Bonchev–Trinajstić information content (AvgIpc) is 2.90. The molecular formula is C29H46N4O2. The standard InChI is InChI=1S/C29H46N4O2/c34-28(30-14-7-15-31-18-20-35-21-19-31)13-4-12-27-26-11-6-17-32-16-5-10-25(29(26)32)23-33(27)22-24-8-2-1-3-9-24/h1-3,8-9,25-27,29H,4-7,10-23H2,(H,30,34)/t25-,26+,27+,29-/m0/s1. The monoisotopic (exact) mass is 482 g/mol. The number of ether oxygens (including phenoxy) is 1. The highest BCUT2D eigenvalue weighted by Gasteiger charge is 2.48. The zero-order valence-corrected chi connectivity index (χ0v) is 21.6. The largest absolute Gasteiger partial charge is 0.379 e. The summed E-state index contributed by atoms with van der Waals surface area (Å²) in [5.41, 5.74) is 1.43. The van der Waals surface area contributed by atoms with Gasteiger partial charge in [-0.15, -0.1) is 0 Å². The second-order valence-electron chi connectivity index (χ2n) is 11.3. The fourth-order valence-electron chi connectivity index (χ4n) is 7.40. The van der Waals surface area contributed by atoms with Gasteiger partial charge in [-0.25, -0.2) is 0 Å². The van der Waals surface area contributed by atoms with Crippen molar-refractivity contribution in [1.82, 2.24) is 20.0 Å². The van der Waals surface area contributed by atoms with Crippen LogP contribution >= 0.6 is 0 Å². The van der Waals surface area contributed by atoms with E-state index in [-0.39, 0.29) is 5.91 Å². The van der Waals surface area contributed by atoms with Crippen LogP contribution in [-0.4, -0.2) is 91.7 Å². The van der Waals surface area contributed by atoms with E-state index in [1.165, 1.54) is 50.9 Å². The molecule has 4 fully saturated rings. The van der Waals surface area contributed by atoms with Crippen LogP contribution in [-0.2, 0) is 16.1 Å². The number of carbonyl (C=O) groups excluding carboxylic acids is 1. The van der Waals surface area contributed by atoms with Crippen molar-refractivity contribution >= 4 is 5.91 Å². The highest BCUT2D eigenvalue weighted by atomic mass is 16.5. The van der Waals surface area contributed by atoms with Crippen LogP contribution in [0.15, 0.2) is 30.3 Å². The smallest absolute Gasteiger partial charge is 0.219 e. The minimum Gasteiger partial charge on any atom is -0.379 e. The molecule has 0 unspecified atom stereocenters. The third kappa shape index (κ3) is 6.65.